The molecule has 0 aliphatic carbocycles. The van der Waals surface area contributed by atoms with Gasteiger partial charge in [0.25, 0.3) is 10.0 Å². The molecule has 1 aliphatic rings. The third-order valence-electron chi connectivity index (χ3n) is 3.90. The van der Waals surface area contributed by atoms with Crippen LogP contribution in [0.25, 0.3) is 0 Å². The van der Waals surface area contributed by atoms with Crippen LogP contribution in [0.15, 0.2) is 17.0 Å². The monoisotopic (exact) mass is 330 g/mol. The van der Waals surface area contributed by atoms with E-state index in [0.29, 0.717) is 12.3 Å². The molecule has 2 rings (SSSR count). The third kappa shape index (κ3) is 2.86. The molecule has 7 nitrogen and oxygen atoms in total. The van der Waals surface area contributed by atoms with Gasteiger partial charge < -0.3 is 19.9 Å². The van der Waals surface area contributed by atoms with Gasteiger partial charge in [0, 0.05) is 31.3 Å². The minimum Gasteiger partial charge on any atom is -0.496 e. The number of rotatable bonds is 5. The second-order valence-electron chi connectivity index (χ2n) is 5.32. The number of ether oxygens (including phenoxy) is 3. The zero-order valence-electron chi connectivity index (χ0n) is 13.2. The van der Waals surface area contributed by atoms with Gasteiger partial charge in [-0.05, 0) is 5.92 Å². The van der Waals surface area contributed by atoms with Crippen molar-refractivity contribution in [1.82, 2.24) is 4.31 Å². The van der Waals surface area contributed by atoms with E-state index in [1.165, 1.54) is 37.8 Å². The van der Waals surface area contributed by atoms with Crippen LogP contribution in [0.5, 0.6) is 17.2 Å². The number of nitrogens with zero attached hydrogens (tertiary/aromatic N) is 1. The first kappa shape index (κ1) is 16.9. The molecule has 1 aromatic rings. The van der Waals surface area contributed by atoms with E-state index >= 15 is 0 Å². The third-order valence-corrected chi connectivity index (χ3v) is 5.80. The maximum Gasteiger partial charge on any atom is 0.250 e. The topological polar surface area (TPSA) is 91.1 Å². The van der Waals surface area contributed by atoms with E-state index in [1.807, 2.05) is 6.92 Å². The number of sulfonamides is 1. The van der Waals surface area contributed by atoms with Crippen LogP contribution >= 0.6 is 0 Å². The predicted molar refractivity (Wildman–Crippen MR) is 82.0 cm³/mol. The van der Waals surface area contributed by atoms with Gasteiger partial charge in [0.05, 0.1) is 21.3 Å². The van der Waals surface area contributed by atoms with E-state index in [1.54, 1.807) is 0 Å². The second kappa shape index (κ2) is 6.31. The Morgan fingerprint density at radius 1 is 1.09 bits per heavy atom. The molecule has 0 amide bonds. The molecular formula is C14H22N2O5S. The van der Waals surface area contributed by atoms with Crippen molar-refractivity contribution in [2.75, 3.05) is 34.4 Å². The smallest absolute Gasteiger partial charge is 0.250 e. The number of nitrogens with two attached hydrogens (primary N) is 1. The molecule has 124 valence electrons. The Morgan fingerprint density at radius 3 is 2.00 bits per heavy atom. The fourth-order valence-electron chi connectivity index (χ4n) is 2.50. The molecule has 1 saturated heterocycles. The predicted octanol–water partition coefficient (Wildman–Crippen LogP) is 0.680. The summed E-state index contributed by atoms with van der Waals surface area (Å²) in [6.07, 6.45) is 0. The summed E-state index contributed by atoms with van der Waals surface area (Å²) in [5.74, 6) is 0.929. The van der Waals surface area contributed by atoms with Gasteiger partial charge in [-0.2, -0.15) is 4.31 Å². The summed E-state index contributed by atoms with van der Waals surface area (Å²) in [4.78, 5) is -0.000370. The first-order valence-electron chi connectivity index (χ1n) is 6.90. The lowest BCUT2D eigenvalue weighted by Gasteiger charge is -2.20. The highest BCUT2D eigenvalue weighted by atomic mass is 32.2. The average Bonchev–Trinajstić information content (AvgIpc) is 2.85. The summed E-state index contributed by atoms with van der Waals surface area (Å²) >= 11 is 0. The number of methoxy groups -OCH3 is 3. The fourth-order valence-corrected chi connectivity index (χ4v) is 4.35. The van der Waals surface area contributed by atoms with Gasteiger partial charge in [-0.3, -0.25) is 0 Å². The lowest BCUT2D eigenvalue weighted by Crippen LogP contribution is -2.32. The highest BCUT2D eigenvalue weighted by Crippen LogP contribution is 2.40. The Morgan fingerprint density at radius 2 is 1.64 bits per heavy atom. The molecule has 2 atom stereocenters. The van der Waals surface area contributed by atoms with Crippen molar-refractivity contribution in [3.8, 4) is 17.2 Å². The van der Waals surface area contributed by atoms with Crippen LogP contribution in [0.4, 0.5) is 0 Å². The maximum absolute atomic E-state index is 13.0. The van der Waals surface area contributed by atoms with Crippen LogP contribution in [0, 0.1) is 5.92 Å². The Balaban J connectivity index is 2.55. The standard InChI is InChI=1S/C14H22N2O5S/c1-9-7-16(8-11(9)15)22(17,18)14-12(20-3)5-10(19-2)6-13(14)21-4/h5-6,9,11H,7-8,15H2,1-4H3. The molecule has 1 fully saturated rings. The van der Waals surface area contributed by atoms with Crippen molar-refractivity contribution in [2.24, 2.45) is 11.7 Å². The van der Waals surface area contributed by atoms with Gasteiger partial charge in [-0.1, -0.05) is 6.92 Å². The minimum atomic E-state index is -3.77. The lowest BCUT2D eigenvalue weighted by molar-refractivity contribution is 0.355. The van der Waals surface area contributed by atoms with Crippen LogP contribution in [0.2, 0.25) is 0 Å². The molecule has 0 radical (unpaired) electrons. The number of benzene rings is 1. The molecule has 0 spiro atoms. The molecule has 22 heavy (non-hydrogen) atoms. The molecule has 0 saturated carbocycles. The Kier molecular flexibility index (Phi) is 4.84. The van der Waals surface area contributed by atoms with E-state index in [2.05, 4.69) is 0 Å². The van der Waals surface area contributed by atoms with Crippen LogP contribution < -0.4 is 19.9 Å². The van der Waals surface area contributed by atoms with Crippen molar-refractivity contribution >= 4 is 10.0 Å². The molecule has 0 bridgehead atoms. The second-order valence-corrected chi connectivity index (χ2v) is 7.20. The van der Waals surface area contributed by atoms with Crippen LogP contribution in [-0.2, 0) is 10.0 Å². The van der Waals surface area contributed by atoms with E-state index < -0.39 is 10.0 Å². The Bertz CT molecular complexity index is 612. The molecule has 2 N–H and O–H groups in total. The summed E-state index contributed by atoms with van der Waals surface area (Å²) in [7, 11) is 0.539. The SMILES string of the molecule is COc1cc(OC)c(S(=O)(=O)N2CC(C)C(N)C2)c(OC)c1. The van der Waals surface area contributed by atoms with E-state index in [4.69, 9.17) is 19.9 Å². The van der Waals surface area contributed by atoms with Crippen LogP contribution in [0.1, 0.15) is 6.92 Å². The maximum atomic E-state index is 13.0. The molecule has 1 aliphatic heterocycles. The van der Waals surface area contributed by atoms with Crippen molar-refractivity contribution in [1.29, 1.82) is 0 Å². The summed E-state index contributed by atoms with van der Waals surface area (Å²) in [5.41, 5.74) is 5.94. The summed E-state index contributed by atoms with van der Waals surface area (Å²) < 4.78 is 42.9. The highest BCUT2D eigenvalue weighted by molar-refractivity contribution is 7.89. The number of hydrogen-bond donors (Lipinski definition) is 1. The lowest BCUT2D eigenvalue weighted by atomic mass is 10.1. The van der Waals surface area contributed by atoms with Crippen molar-refractivity contribution in [2.45, 2.75) is 17.9 Å². The Hall–Kier alpha value is -1.51. The van der Waals surface area contributed by atoms with Crippen molar-refractivity contribution in [3.05, 3.63) is 12.1 Å². The molecule has 2 unspecified atom stereocenters. The highest BCUT2D eigenvalue weighted by Gasteiger charge is 2.38. The number of hydrogen-bond acceptors (Lipinski definition) is 6. The van der Waals surface area contributed by atoms with Crippen molar-refractivity contribution in [3.63, 3.8) is 0 Å². The molecular weight excluding hydrogens is 308 g/mol. The van der Waals surface area contributed by atoms with E-state index in [0.717, 1.165) is 0 Å². The molecule has 0 aromatic heterocycles. The molecule has 8 heteroatoms. The fraction of sp³-hybridized carbons (Fsp3) is 0.571. The average molecular weight is 330 g/mol. The quantitative estimate of drug-likeness (QED) is 0.854. The normalized spacial score (nSPS) is 22.6. The van der Waals surface area contributed by atoms with Gasteiger partial charge in [0.2, 0.25) is 0 Å². The Labute approximate surface area is 131 Å². The zero-order valence-corrected chi connectivity index (χ0v) is 14.0. The first-order chi connectivity index (χ1) is 10.3. The summed E-state index contributed by atoms with van der Waals surface area (Å²) in [5, 5.41) is 0. The van der Waals surface area contributed by atoms with E-state index in [9.17, 15) is 8.42 Å². The minimum absolute atomic E-state index is 0.000370. The molecule has 1 heterocycles. The van der Waals surface area contributed by atoms with Crippen LogP contribution in [-0.4, -0.2) is 53.2 Å². The first-order valence-corrected chi connectivity index (χ1v) is 8.34. The largest absolute Gasteiger partial charge is 0.496 e. The summed E-state index contributed by atoms with van der Waals surface area (Å²) in [6, 6.07) is 2.87. The van der Waals surface area contributed by atoms with Crippen molar-refractivity contribution < 1.29 is 22.6 Å². The van der Waals surface area contributed by atoms with Crippen LogP contribution in [0.3, 0.4) is 0 Å². The molecule has 1 aromatic carbocycles. The van der Waals surface area contributed by atoms with Gasteiger partial charge in [0.15, 0.2) is 4.90 Å². The van der Waals surface area contributed by atoms with E-state index in [-0.39, 0.29) is 34.9 Å². The van der Waals surface area contributed by atoms with Gasteiger partial charge >= 0.3 is 0 Å². The van der Waals surface area contributed by atoms with Gasteiger partial charge in [-0.15, -0.1) is 0 Å². The van der Waals surface area contributed by atoms with Gasteiger partial charge in [-0.25, -0.2) is 8.42 Å². The summed E-state index contributed by atoms with van der Waals surface area (Å²) in [6.45, 7) is 2.59. The zero-order chi connectivity index (χ0) is 16.5. The van der Waals surface area contributed by atoms with Gasteiger partial charge in [0.1, 0.15) is 17.2 Å².